The highest BCUT2D eigenvalue weighted by atomic mass is 35.5. The van der Waals surface area contributed by atoms with Crippen molar-refractivity contribution < 1.29 is 13.2 Å². The van der Waals surface area contributed by atoms with Gasteiger partial charge in [0.1, 0.15) is 12.4 Å². The monoisotopic (exact) mass is 263 g/mol. The van der Waals surface area contributed by atoms with Crippen LogP contribution in [0.1, 0.15) is 0 Å². The van der Waals surface area contributed by atoms with E-state index in [0.717, 1.165) is 0 Å². The zero-order valence-electron chi connectivity index (χ0n) is 8.73. The number of sulfone groups is 1. The third-order valence-corrected chi connectivity index (χ3v) is 3.80. The van der Waals surface area contributed by atoms with Gasteiger partial charge in [0.25, 0.3) is 0 Å². The van der Waals surface area contributed by atoms with E-state index in [2.05, 4.69) is 0 Å². The normalized spacial score (nSPS) is 11.4. The number of benzene rings is 1. The molecular weight excluding hydrogens is 250 g/mol. The molecule has 1 aromatic rings. The first-order chi connectivity index (χ1) is 7.53. The van der Waals surface area contributed by atoms with Crippen LogP contribution in [0.15, 0.2) is 24.3 Å². The smallest absolute Gasteiger partial charge is 0.154 e. The Morgan fingerprint density at radius 2 is 1.81 bits per heavy atom. The third-order valence-electron chi connectivity index (χ3n) is 1.91. The summed E-state index contributed by atoms with van der Waals surface area (Å²) in [4.78, 5) is 0. The Morgan fingerprint density at radius 3 is 2.38 bits per heavy atom. The summed E-state index contributed by atoms with van der Waals surface area (Å²) in [5, 5.41) is 0.614. The molecule has 0 spiro atoms. The lowest BCUT2D eigenvalue weighted by atomic mass is 10.3. The summed E-state index contributed by atoms with van der Waals surface area (Å²) >= 11 is 5.69. The van der Waals surface area contributed by atoms with Crippen LogP contribution in [0, 0.1) is 0 Å². The quantitative estimate of drug-likeness (QED) is 0.834. The molecule has 0 aliphatic carbocycles. The van der Waals surface area contributed by atoms with E-state index < -0.39 is 9.84 Å². The van der Waals surface area contributed by atoms with Gasteiger partial charge < -0.3 is 10.5 Å². The van der Waals surface area contributed by atoms with E-state index in [9.17, 15) is 8.42 Å². The van der Waals surface area contributed by atoms with Crippen LogP contribution in [0.25, 0.3) is 0 Å². The van der Waals surface area contributed by atoms with Crippen molar-refractivity contribution in [3.8, 4) is 5.75 Å². The van der Waals surface area contributed by atoms with Crippen LogP contribution in [0.3, 0.4) is 0 Å². The number of nitrogens with two attached hydrogens (primary N) is 1. The number of halogens is 1. The Morgan fingerprint density at radius 1 is 1.19 bits per heavy atom. The van der Waals surface area contributed by atoms with Crippen LogP contribution >= 0.6 is 11.6 Å². The van der Waals surface area contributed by atoms with Crippen molar-refractivity contribution in [1.29, 1.82) is 0 Å². The highest BCUT2D eigenvalue weighted by Gasteiger charge is 2.09. The van der Waals surface area contributed by atoms with Gasteiger partial charge in [0.2, 0.25) is 0 Å². The molecule has 1 aromatic carbocycles. The summed E-state index contributed by atoms with van der Waals surface area (Å²) in [7, 11) is -3.09. The molecule has 90 valence electrons. The molecule has 0 heterocycles. The molecule has 0 aliphatic heterocycles. The summed E-state index contributed by atoms with van der Waals surface area (Å²) in [6, 6.07) is 6.76. The first-order valence-electron chi connectivity index (χ1n) is 4.82. The third kappa shape index (κ3) is 4.83. The van der Waals surface area contributed by atoms with Crippen LogP contribution in [-0.2, 0) is 9.84 Å². The van der Waals surface area contributed by atoms with Gasteiger partial charge in [-0.15, -0.1) is 0 Å². The highest BCUT2D eigenvalue weighted by Crippen LogP contribution is 2.15. The standard InChI is InChI=1S/C10H14ClNO3S/c11-9-1-3-10(4-2-9)15-6-8-16(13,14)7-5-12/h1-4H,5-8,12H2. The molecule has 1 rings (SSSR count). The summed E-state index contributed by atoms with van der Waals surface area (Å²) in [6.45, 7) is 0.271. The van der Waals surface area contributed by atoms with E-state index >= 15 is 0 Å². The fourth-order valence-corrected chi connectivity index (χ4v) is 2.13. The second-order valence-corrected chi connectivity index (χ2v) is 5.98. The van der Waals surface area contributed by atoms with Crippen molar-refractivity contribution in [3.63, 3.8) is 0 Å². The predicted molar refractivity (Wildman–Crippen MR) is 64.7 cm³/mol. The molecule has 0 amide bonds. The Labute approximate surface area is 100 Å². The topological polar surface area (TPSA) is 69.4 Å². The largest absolute Gasteiger partial charge is 0.493 e. The van der Waals surface area contributed by atoms with E-state index in [1.807, 2.05) is 0 Å². The second kappa shape index (κ2) is 6.08. The molecule has 0 saturated carbocycles. The zero-order chi connectivity index (χ0) is 12.0. The molecule has 0 unspecified atom stereocenters. The lowest BCUT2D eigenvalue weighted by Crippen LogP contribution is -2.21. The number of rotatable bonds is 6. The van der Waals surface area contributed by atoms with Gasteiger partial charge in [0.15, 0.2) is 9.84 Å². The molecule has 0 aromatic heterocycles. The summed E-state index contributed by atoms with van der Waals surface area (Å²) in [5.74, 6) is 0.580. The first kappa shape index (κ1) is 13.3. The Hall–Kier alpha value is -0.780. The predicted octanol–water partition coefficient (Wildman–Crippen LogP) is 1.09. The van der Waals surface area contributed by atoms with Crippen LogP contribution < -0.4 is 10.5 Å². The zero-order valence-corrected chi connectivity index (χ0v) is 10.3. The molecule has 2 N–H and O–H groups in total. The lowest BCUT2D eigenvalue weighted by Gasteiger charge is -2.06. The van der Waals surface area contributed by atoms with Gasteiger partial charge in [0.05, 0.1) is 11.5 Å². The highest BCUT2D eigenvalue weighted by molar-refractivity contribution is 7.91. The minimum Gasteiger partial charge on any atom is -0.493 e. The molecule has 0 radical (unpaired) electrons. The minimum atomic E-state index is -3.09. The molecule has 0 bridgehead atoms. The van der Waals surface area contributed by atoms with Crippen molar-refractivity contribution in [2.75, 3.05) is 24.7 Å². The molecular formula is C10H14ClNO3S. The molecule has 6 heteroatoms. The van der Waals surface area contributed by atoms with E-state index in [0.29, 0.717) is 10.8 Å². The van der Waals surface area contributed by atoms with Gasteiger partial charge in [-0.2, -0.15) is 0 Å². The van der Waals surface area contributed by atoms with Crippen LogP contribution in [0.5, 0.6) is 5.75 Å². The van der Waals surface area contributed by atoms with Crippen molar-refractivity contribution in [2.45, 2.75) is 0 Å². The minimum absolute atomic E-state index is 0.00300. The van der Waals surface area contributed by atoms with E-state index in [-0.39, 0.29) is 24.7 Å². The van der Waals surface area contributed by atoms with Gasteiger partial charge in [-0.05, 0) is 24.3 Å². The fraction of sp³-hybridized carbons (Fsp3) is 0.400. The maximum Gasteiger partial charge on any atom is 0.154 e. The lowest BCUT2D eigenvalue weighted by molar-refractivity contribution is 0.341. The first-order valence-corrected chi connectivity index (χ1v) is 7.02. The molecule has 0 fully saturated rings. The molecule has 16 heavy (non-hydrogen) atoms. The Bertz CT molecular complexity index is 416. The molecule has 0 saturated heterocycles. The average Bonchev–Trinajstić information content (AvgIpc) is 2.20. The number of ether oxygens (including phenoxy) is 1. The maximum atomic E-state index is 11.3. The van der Waals surface area contributed by atoms with Crippen LogP contribution in [0.4, 0.5) is 0 Å². The average molecular weight is 264 g/mol. The summed E-state index contributed by atoms with van der Waals surface area (Å²) in [6.07, 6.45) is 0. The summed E-state index contributed by atoms with van der Waals surface area (Å²) < 4.78 is 27.9. The summed E-state index contributed by atoms with van der Waals surface area (Å²) in [5.41, 5.74) is 5.18. The van der Waals surface area contributed by atoms with Gasteiger partial charge in [-0.25, -0.2) is 8.42 Å². The fourth-order valence-electron chi connectivity index (χ4n) is 1.10. The van der Waals surface area contributed by atoms with Crippen LogP contribution in [0.2, 0.25) is 5.02 Å². The van der Waals surface area contributed by atoms with Crippen molar-refractivity contribution >= 4 is 21.4 Å². The maximum absolute atomic E-state index is 11.3. The van der Waals surface area contributed by atoms with E-state index in [1.54, 1.807) is 24.3 Å². The van der Waals surface area contributed by atoms with Gasteiger partial charge in [0, 0.05) is 11.6 Å². The Kier molecular flexibility index (Phi) is 5.05. The van der Waals surface area contributed by atoms with Crippen molar-refractivity contribution in [1.82, 2.24) is 0 Å². The SMILES string of the molecule is NCCS(=O)(=O)CCOc1ccc(Cl)cc1. The van der Waals surface area contributed by atoms with E-state index in [1.165, 1.54) is 0 Å². The molecule has 4 nitrogen and oxygen atoms in total. The van der Waals surface area contributed by atoms with Gasteiger partial charge >= 0.3 is 0 Å². The van der Waals surface area contributed by atoms with E-state index in [4.69, 9.17) is 22.1 Å². The number of hydrogen-bond donors (Lipinski definition) is 1. The molecule has 0 atom stereocenters. The Balaban J connectivity index is 2.39. The van der Waals surface area contributed by atoms with Crippen LogP contribution in [-0.4, -0.2) is 33.1 Å². The van der Waals surface area contributed by atoms with Gasteiger partial charge in [-0.3, -0.25) is 0 Å². The van der Waals surface area contributed by atoms with Crippen molar-refractivity contribution in [2.24, 2.45) is 5.73 Å². The van der Waals surface area contributed by atoms with Gasteiger partial charge in [-0.1, -0.05) is 11.6 Å². The second-order valence-electron chi connectivity index (χ2n) is 3.24. The van der Waals surface area contributed by atoms with Crippen molar-refractivity contribution in [3.05, 3.63) is 29.3 Å². The number of hydrogen-bond acceptors (Lipinski definition) is 4. The molecule has 0 aliphatic rings.